The van der Waals surface area contributed by atoms with Crippen LogP contribution in [-0.2, 0) is 4.79 Å². The molecule has 0 saturated carbocycles. The van der Waals surface area contributed by atoms with Gasteiger partial charge in [-0.05, 0) is 24.3 Å². The van der Waals surface area contributed by atoms with Crippen molar-refractivity contribution in [2.75, 3.05) is 11.9 Å². The third-order valence-corrected chi connectivity index (χ3v) is 3.25. The first-order chi connectivity index (χ1) is 11.4. The fourth-order valence-electron chi connectivity index (χ4n) is 1.79. The van der Waals surface area contributed by atoms with E-state index in [4.69, 9.17) is 21.4 Å². The predicted molar refractivity (Wildman–Crippen MR) is 88.7 cm³/mol. The lowest BCUT2D eigenvalue weighted by molar-refractivity contribution is -0.139. The Balaban J connectivity index is 2.09. The number of carboxylic acid groups (broad SMARTS) is 1. The molecule has 2 rings (SSSR count). The molecule has 1 amide bonds. The van der Waals surface area contributed by atoms with Crippen molar-refractivity contribution < 1.29 is 19.4 Å². The van der Waals surface area contributed by atoms with Crippen LogP contribution in [0.4, 0.5) is 5.69 Å². The topological polar surface area (TPSA) is 101 Å². The molecule has 0 saturated heterocycles. The molecule has 1 aromatic carbocycles. The van der Waals surface area contributed by atoms with Crippen LogP contribution in [0.2, 0.25) is 5.02 Å². The summed E-state index contributed by atoms with van der Waals surface area (Å²) in [6.07, 6.45) is 1.40. The van der Waals surface area contributed by atoms with Crippen LogP contribution in [-0.4, -0.2) is 33.6 Å². The Hall–Kier alpha value is -2.67. The van der Waals surface area contributed by atoms with Crippen molar-refractivity contribution in [2.24, 2.45) is 0 Å². The number of carbonyl (C=O) groups is 2. The zero-order valence-electron chi connectivity index (χ0n) is 13.1. The number of ether oxygens (including phenoxy) is 1. The van der Waals surface area contributed by atoms with Gasteiger partial charge >= 0.3 is 5.97 Å². The molecule has 1 heterocycles. The molecule has 2 N–H and O–H groups in total. The van der Waals surface area contributed by atoms with Gasteiger partial charge in [-0.25, -0.2) is 14.8 Å². The van der Waals surface area contributed by atoms with Gasteiger partial charge in [0.2, 0.25) is 0 Å². The lowest BCUT2D eigenvalue weighted by Gasteiger charge is -2.09. The van der Waals surface area contributed by atoms with Crippen LogP contribution in [0, 0.1) is 0 Å². The van der Waals surface area contributed by atoms with E-state index >= 15 is 0 Å². The number of rotatable bonds is 6. The molecule has 0 fully saturated rings. The molecule has 0 radical (unpaired) electrons. The number of amides is 1. The summed E-state index contributed by atoms with van der Waals surface area (Å²) < 4.78 is 5.02. The van der Waals surface area contributed by atoms with Crippen molar-refractivity contribution in [1.82, 2.24) is 9.97 Å². The van der Waals surface area contributed by atoms with Gasteiger partial charge in [-0.1, -0.05) is 25.4 Å². The second kappa shape index (κ2) is 7.74. The molecular weight excluding hydrogens is 334 g/mol. The van der Waals surface area contributed by atoms with Gasteiger partial charge in [0.05, 0.1) is 11.2 Å². The summed E-state index contributed by atoms with van der Waals surface area (Å²) >= 11 is 6.00. The van der Waals surface area contributed by atoms with Crippen molar-refractivity contribution >= 4 is 29.2 Å². The number of carbonyl (C=O) groups excluding carboxylic acids is 1. The van der Waals surface area contributed by atoms with Crippen LogP contribution in [0.15, 0.2) is 30.5 Å². The number of aromatic nitrogens is 2. The summed E-state index contributed by atoms with van der Waals surface area (Å²) in [7, 11) is 0. The maximum absolute atomic E-state index is 12.3. The highest BCUT2D eigenvalue weighted by atomic mass is 35.5. The first-order valence-electron chi connectivity index (χ1n) is 7.15. The van der Waals surface area contributed by atoms with E-state index in [2.05, 4.69) is 15.3 Å². The zero-order valence-corrected chi connectivity index (χ0v) is 13.9. The Morgan fingerprint density at radius 3 is 2.54 bits per heavy atom. The van der Waals surface area contributed by atoms with Crippen LogP contribution >= 0.6 is 11.6 Å². The third kappa shape index (κ3) is 4.66. The molecule has 0 atom stereocenters. The highest BCUT2D eigenvalue weighted by molar-refractivity contribution is 6.33. The van der Waals surface area contributed by atoms with E-state index in [0.29, 0.717) is 17.3 Å². The Labute approximate surface area is 143 Å². The van der Waals surface area contributed by atoms with Crippen molar-refractivity contribution in [1.29, 1.82) is 0 Å². The fraction of sp³-hybridized carbons (Fsp3) is 0.250. The second-order valence-electron chi connectivity index (χ2n) is 5.24. The summed E-state index contributed by atoms with van der Waals surface area (Å²) in [4.78, 5) is 31.0. The Bertz CT molecular complexity index is 747. The third-order valence-electron chi connectivity index (χ3n) is 2.97. The average Bonchev–Trinajstić information content (AvgIpc) is 2.54. The van der Waals surface area contributed by atoms with Gasteiger partial charge in [-0.3, -0.25) is 4.79 Å². The number of carboxylic acids is 1. The number of hydrogen-bond donors (Lipinski definition) is 2. The SMILES string of the molecule is CC(C)c1ncc(Cl)c(C(=O)Nc2ccc(OCC(=O)O)cc2)n1. The summed E-state index contributed by atoms with van der Waals surface area (Å²) in [5.41, 5.74) is 0.602. The van der Waals surface area contributed by atoms with Crippen LogP contribution in [0.25, 0.3) is 0 Å². The summed E-state index contributed by atoms with van der Waals surface area (Å²) in [6, 6.07) is 6.29. The Kier molecular flexibility index (Phi) is 5.70. The van der Waals surface area contributed by atoms with E-state index in [1.54, 1.807) is 24.3 Å². The number of halogens is 1. The van der Waals surface area contributed by atoms with Crippen LogP contribution in [0.5, 0.6) is 5.75 Å². The predicted octanol–water partition coefficient (Wildman–Crippen LogP) is 2.97. The van der Waals surface area contributed by atoms with Crippen LogP contribution < -0.4 is 10.1 Å². The van der Waals surface area contributed by atoms with Gasteiger partial charge in [0.25, 0.3) is 5.91 Å². The van der Waals surface area contributed by atoms with Gasteiger partial charge in [-0.2, -0.15) is 0 Å². The molecule has 8 heteroatoms. The van der Waals surface area contributed by atoms with Crippen molar-refractivity contribution in [3.8, 4) is 5.75 Å². The minimum Gasteiger partial charge on any atom is -0.482 e. The quantitative estimate of drug-likeness (QED) is 0.831. The van der Waals surface area contributed by atoms with E-state index in [1.807, 2.05) is 13.8 Å². The molecule has 0 spiro atoms. The first-order valence-corrected chi connectivity index (χ1v) is 7.53. The Morgan fingerprint density at radius 1 is 1.29 bits per heavy atom. The van der Waals surface area contributed by atoms with Crippen LogP contribution in [0.1, 0.15) is 36.1 Å². The molecule has 0 aliphatic heterocycles. The molecule has 1 aromatic heterocycles. The van der Waals surface area contributed by atoms with Crippen molar-refractivity contribution in [2.45, 2.75) is 19.8 Å². The largest absolute Gasteiger partial charge is 0.482 e. The minimum atomic E-state index is -1.06. The smallest absolute Gasteiger partial charge is 0.341 e. The van der Waals surface area contributed by atoms with E-state index in [9.17, 15) is 9.59 Å². The number of benzene rings is 1. The molecule has 7 nitrogen and oxygen atoms in total. The van der Waals surface area contributed by atoms with E-state index in [0.717, 1.165) is 0 Å². The molecule has 0 bridgehead atoms. The van der Waals surface area contributed by atoms with Crippen LogP contribution in [0.3, 0.4) is 0 Å². The standard InChI is InChI=1S/C16H16ClN3O4/c1-9(2)15-18-7-12(17)14(20-15)16(23)19-10-3-5-11(6-4-10)24-8-13(21)22/h3-7,9H,8H2,1-2H3,(H,19,23)(H,21,22). The van der Waals surface area contributed by atoms with E-state index in [1.165, 1.54) is 6.20 Å². The van der Waals surface area contributed by atoms with Crippen molar-refractivity contribution in [3.63, 3.8) is 0 Å². The molecule has 0 aliphatic rings. The minimum absolute atomic E-state index is 0.0690. The second-order valence-corrected chi connectivity index (χ2v) is 5.65. The van der Waals surface area contributed by atoms with Gasteiger partial charge in [0.1, 0.15) is 11.6 Å². The maximum atomic E-state index is 12.3. The highest BCUT2D eigenvalue weighted by Gasteiger charge is 2.15. The summed E-state index contributed by atoms with van der Waals surface area (Å²) in [5, 5.41) is 11.4. The summed E-state index contributed by atoms with van der Waals surface area (Å²) in [6.45, 7) is 3.40. The normalized spacial score (nSPS) is 10.5. The molecule has 0 aliphatic carbocycles. The molecule has 2 aromatic rings. The molecule has 126 valence electrons. The fourth-order valence-corrected chi connectivity index (χ4v) is 1.96. The van der Waals surface area contributed by atoms with E-state index in [-0.39, 0.29) is 16.6 Å². The van der Waals surface area contributed by atoms with Gasteiger partial charge < -0.3 is 15.2 Å². The van der Waals surface area contributed by atoms with Crippen molar-refractivity contribution in [3.05, 3.63) is 47.0 Å². The summed E-state index contributed by atoms with van der Waals surface area (Å²) in [5.74, 6) is -0.533. The lowest BCUT2D eigenvalue weighted by Crippen LogP contribution is -2.16. The number of nitrogens with one attached hydrogen (secondary N) is 1. The monoisotopic (exact) mass is 349 g/mol. The maximum Gasteiger partial charge on any atom is 0.341 e. The first kappa shape index (κ1) is 17.7. The van der Waals surface area contributed by atoms with Gasteiger partial charge in [0.15, 0.2) is 12.3 Å². The van der Waals surface area contributed by atoms with Gasteiger partial charge in [-0.15, -0.1) is 0 Å². The number of hydrogen-bond acceptors (Lipinski definition) is 5. The number of anilines is 1. The molecular formula is C16H16ClN3O4. The average molecular weight is 350 g/mol. The Morgan fingerprint density at radius 2 is 1.96 bits per heavy atom. The molecule has 0 unspecified atom stereocenters. The van der Waals surface area contributed by atoms with E-state index < -0.39 is 18.5 Å². The number of nitrogens with zero attached hydrogens (tertiary/aromatic N) is 2. The molecule has 24 heavy (non-hydrogen) atoms. The lowest BCUT2D eigenvalue weighted by atomic mass is 10.2. The van der Waals surface area contributed by atoms with Gasteiger partial charge in [0, 0.05) is 11.6 Å². The zero-order chi connectivity index (χ0) is 17.7. The highest BCUT2D eigenvalue weighted by Crippen LogP contribution is 2.19. The number of aliphatic carboxylic acids is 1.